The summed E-state index contributed by atoms with van der Waals surface area (Å²) in [5.74, 6) is 0.489. The maximum absolute atomic E-state index is 12.5. The summed E-state index contributed by atoms with van der Waals surface area (Å²) in [6.07, 6.45) is 0. The number of rotatable bonds is 4. The van der Waals surface area contributed by atoms with Crippen LogP contribution in [-0.2, 0) is 4.79 Å². The molecule has 6 heteroatoms. The van der Waals surface area contributed by atoms with Crippen LogP contribution in [-0.4, -0.2) is 17.4 Å². The Hall–Kier alpha value is -1.92. The molecule has 0 atom stereocenters. The number of hydrogen-bond donors (Lipinski definition) is 1. The molecule has 0 aliphatic carbocycles. The zero-order chi connectivity index (χ0) is 19.0. The lowest BCUT2D eigenvalue weighted by molar-refractivity contribution is -0.118. The molecule has 4 nitrogen and oxygen atoms in total. The zero-order valence-corrected chi connectivity index (χ0v) is 17.7. The smallest absolute Gasteiger partial charge is 0.263 e. The molecule has 0 aliphatic heterocycles. The lowest BCUT2D eigenvalue weighted by Crippen LogP contribution is -2.12. The van der Waals surface area contributed by atoms with Crippen molar-refractivity contribution < 1.29 is 9.53 Å². The summed E-state index contributed by atoms with van der Waals surface area (Å²) in [6.45, 7) is 5.34. The topological polar surface area (TPSA) is 59.2 Å². The highest BCUT2D eigenvalue weighted by Crippen LogP contribution is 2.40. The largest absolute Gasteiger partial charge is 0.484 e. The summed E-state index contributed by atoms with van der Waals surface area (Å²) in [7, 11) is 0. The maximum Gasteiger partial charge on any atom is 0.263 e. The number of pyridine rings is 1. The molecular weight excluding hydrogens is 462 g/mol. The number of nitrogens with one attached hydrogen (secondary N) is 1. The van der Waals surface area contributed by atoms with Crippen LogP contribution in [0.5, 0.6) is 5.75 Å². The predicted molar refractivity (Wildman–Crippen MR) is 111 cm³/mol. The van der Waals surface area contributed by atoms with Crippen molar-refractivity contribution in [3.05, 3.63) is 60.8 Å². The second-order valence-corrected chi connectivity index (χ2v) is 7.83. The molecule has 26 heavy (non-hydrogen) atoms. The molecule has 3 rings (SSSR count). The Morgan fingerprint density at radius 3 is 2.54 bits per heavy atom. The van der Waals surface area contributed by atoms with E-state index in [-0.39, 0.29) is 17.9 Å². The van der Waals surface area contributed by atoms with Crippen molar-refractivity contribution in [2.24, 2.45) is 0 Å². The molecule has 0 fully saturated rings. The summed E-state index contributed by atoms with van der Waals surface area (Å²) in [5.41, 5.74) is 4.15. The van der Waals surface area contributed by atoms with Gasteiger partial charge in [0, 0.05) is 16.5 Å². The molecule has 1 heterocycles. The van der Waals surface area contributed by atoms with Crippen molar-refractivity contribution >= 4 is 48.5 Å². The Morgan fingerprint density at radius 2 is 1.88 bits per heavy atom. The van der Waals surface area contributed by atoms with Crippen molar-refractivity contribution in [3.8, 4) is 16.9 Å². The van der Waals surface area contributed by atoms with Gasteiger partial charge in [-0.25, -0.2) is 0 Å². The Bertz CT molecular complexity index is 1090. The number of H-pyrrole nitrogens is 1. The van der Waals surface area contributed by atoms with Crippen molar-refractivity contribution in [1.82, 2.24) is 4.98 Å². The fourth-order valence-corrected chi connectivity index (χ4v) is 4.15. The van der Waals surface area contributed by atoms with E-state index in [2.05, 4.69) is 36.8 Å². The van der Waals surface area contributed by atoms with Gasteiger partial charge in [0.05, 0.1) is 14.5 Å². The van der Waals surface area contributed by atoms with Gasteiger partial charge >= 0.3 is 0 Å². The lowest BCUT2D eigenvalue weighted by atomic mass is 9.96. The fourth-order valence-electron chi connectivity index (χ4n) is 2.99. The number of Topliss-reactive ketones (excluding diaryl/α,β-unsaturated/α-hetero) is 1. The van der Waals surface area contributed by atoms with Crippen LogP contribution in [0.3, 0.4) is 0 Å². The minimum Gasteiger partial charge on any atom is -0.484 e. The monoisotopic (exact) mass is 477 g/mol. The molecule has 3 aromatic rings. The van der Waals surface area contributed by atoms with Crippen LogP contribution in [0.15, 0.2) is 44.1 Å². The number of carbonyl (C=O) groups is 1. The third-order valence-corrected chi connectivity index (χ3v) is 5.58. The highest BCUT2D eigenvalue weighted by Gasteiger charge is 2.19. The number of aromatic amines is 1. The minimum absolute atomic E-state index is 0.0175. The third-order valence-electron chi connectivity index (χ3n) is 4.23. The van der Waals surface area contributed by atoms with E-state index in [0.29, 0.717) is 15.7 Å². The van der Waals surface area contributed by atoms with E-state index < -0.39 is 0 Å². The van der Waals surface area contributed by atoms with Gasteiger partial charge in [-0.05, 0) is 69.8 Å². The number of carbonyl (C=O) groups excluding carboxylic acids is 1. The number of aromatic nitrogens is 1. The summed E-state index contributed by atoms with van der Waals surface area (Å²) >= 11 is 7.00. The summed E-state index contributed by atoms with van der Waals surface area (Å²) in [4.78, 5) is 26.7. The van der Waals surface area contributed by atoms with Gasteiger partial charge in [0.25, 0.3) is 5.56 Å². The number of ether oxygens (including phenoxy) is 1. The molecule has 1 aromatic heterocycles. The first-order chi connectivity index (χ1) is 12.3. The molecule has 0 spiro atoms. The van der Waals surface area contributed by atoms with Crippen molar-refractivity contribution in [2.75, 3.05) is 6.61 Å². The molecule has 0 saturated carbocycles. The van der Waals surface area contributed by atoms with Gasteiger partial charge in [0.15, 0.2) is 5.78 Å². The number of fused-ring (bicyclic) bond motifs is 1. The lowest BCUT2D eigenvalue weighted by Gasteiger charge is -2.17. The summed E-state index contributed by atoms with van der Waals surface area (Å²) in [6, 6.07) is 9.85. The first kappa shape index (κ1) is 18.9. The second kappa shape index (κ2) is 7.37. The predicted octanol–water partition coefficient (Wildman–Crippen LogP) is 5.30. The van der Waals surface area contributed by atoms with E-state index in [1.807, 2.05) is 44.2 Å². The molecule has 0 bridgehead atoms. The van der Waals surface area contributed by atoms with Crippen LogP contribution < -0.4 is 10.3 Å². The first-order valence-corrected chi connectivity index (χ1v) is 9.62. The van der Waals surface area contributed by atoms with Crippen LogP contribution in [0, 0.1) is 13.8 Å². The van der Waals surface area contributed by atoms with Crippen molar-refractivity contribution in [1.29, 1.82) is 0 Å². The normalized spacial score (nSPS) is 11.0. The molecule has 1 N–H and O–H groups in total. The Balaban J connectivity index is 2.37. The van der Waals surface area contributed by atoms with E-state index in [1.54, 1.807) is 0 Å². The first-order valence-electron chi connectivity index (χ1n) is 8.04. The molecule has 2 aromatic carbocycles. The van der Waals surface area contributed by atoms with Crippen LogP contribution in [0.4, 0.5) is 0 Å². The average molecular weight is 479 g/mol. The van der Waals surface area contributed by atoms with Gasteiger partial charge in [0.2, 0.25) is 0 Å². The van der Waals surface area contributed by atoms with Gasteiger partial charge < -0.3 is 9.72 Å². The van der Waals surface area contributed by atoms with Crippen molar-refractivity contribution in [3.63, 3.8) is 0 Å². The van der Waals surface area contributed by atoms with E-state index in [9.17, 15) is 9.59 Å². The average Bonchev–Trinajstić information content (AvgIpc) is 2.58. The van der Waals surface area contributed by atoms with Crippen LogP contribution in [0.1, 0.15) is 18.1 Å². The highest BCUT2D eigenvalue weighted by molar-refractivity contribution is 9.11. The van der Waals surface area contributed by atoms with E-state index in [1.165, 1.54) is 6.92 Å². The molecule has 0 aliphatic rings. The molecule has 0 saturated heterocycles. The molecule has 0 unspecified atom stereocenters. The highest BCUT2D eigenvalue weighted by atomic mass is 79.9. The Morgan fingerprint density at radius 1 is 1.19 bits per heavy atom. The van der Waals surface area contributed by atoms with E-state index in [0.717, 1.165) is 32.1 Å². The fraction of sp³-hybridized carbons (Fsp3) is 0.200. The number of aryl methyl sites for hydroxylation is 2. The summed E-state index contributed by atoms with van der Waals surface area (Å²) < 4.78 is 6.87. The quantitative estimate of drug-likeness (QED) is 0.553. The Kier molecular flexibility index (Phi) is 5.34. The zero-order valence-electron chi connectivity index (χ0n) is 14.6. The number of ketones is 1. The number of hydrogen-bond acceptors (Lipinski definition) is 3. The van der Waals surface area contributed by atoms with Gasteiger partial charge in [-0.1, -0.05) is 24.3 Å². The van der Waals surface area contributed by atoms with Gasteiger partial charge in [-0.2, -0.15) is 0 Å². The molecule has 0 amide bonds. The standard InChI is InChI=1S/C20H17Br2NO3/c1-10-6-4-5-7-13(10)16-14-8-15(21)19(26-9-11(2)24)12(3)18(14)23-20(25)17(16)22/h4-8H,9H2,1-3H3,(H,23,25). The number of benzene rings is 2. The van der Waals surface area contributed by atoms with Gasteiger partial charge in [-0.15, -0.1) is 0 Å². The van der Waals surface area contributed by atoms with Crippen LogP contribution in [0.25, 0.3) is 22.0 Å². The number of halogens is 2. The van der Waals surface area contributed by atoms with E-state index in [4.69, 9.17) is 4.74 Å². The SMILES string of the molecule is CC(=O)COc1c(Br)cc2c(-c3ccccc3C)c(Br)c(=O)[nH]c2c1C. The Labute approximate surface area is 167 Å². The van der Waals surface area contributed by atoms with E-state index >= 15 is 0 Å². The third kappa shape index (κ3) is 3.35. The molecular formula is C20H17Br2NO3. The van der Waals surface area contributed by atoms with Crippen molar-refractivity contribution in [2.45, 2.75) is 20.8 Å². The minimum atomic E-state index is -0.210. The molecule has 134 valence electrons. The summed E-state index contributed by atoms with van der Waals surface area (Å²) in [5, 5.41) is 0.894. The van der Waals surface area contributed by atoms with Gasteiger partial charge in [-0.3, -0.25) is 9.59 Å². The second-order valence-electron chi connectivity index (χ2n) is 6.18. The van der Waals surface area contributed by atoms with Crippen LogP contribution >= 0.6 is 31.9 Å². The van der Waals surface area contributed by atoms with Gasteiger partial charge in [0.1, 0.15) is 12.4 Å². The maximum atomic E-state index is 12.5. The molecule has 0 radical (unpaired) electrons. The van der Waals surface area contributed by atoms with Crippen LogP contribution in [0.2, 0.25) is 0 Å².